The number of hydrogen-bond acceptors (Lipinski definition) is 6. The molecule has 7 nitrogen and oxygen atoms in total. The molecule has 2 N–H and O–H groups in total. The van der Waals surface area contributed by atoms with E-state index in [4.69, 9.17) is 9.47 Å². The third kappa shape index (κ3) is 3.03. The van der Waals surface area contributed by atoms with E-state index in [1.165, 1.54) is 6.33 Å². The van der Waals surface area contributed by atoms with Gasteiger partial charge in [0.05, 0.1) is 25.3 Å². The molecule has 4 aromatic rings. The van der Waals surface area contributed by atoms with Crippen LogP contribution in [0.25, 0.3) is 21.7 Å². The van der Waals surface area contributed by atoms with Crippen molar-refractivity contribution in [3.8, 4) is 11.5 Å². The van der Waals surface area contributed by atoms with Gasteiger partial charge in [-0.1, -0.05) is 18.2 Å². The zero-order chi connectivity index (χ0) is 19.7. The van der Waals surface area contributed by atoms with Crippen LogP contribution in [-0.4, -0.2) is 35.3 Å². The fourth-order valence-corrected chi connectivity index (χ4v) is 3.17. The Morgan fingerprint density at radius 3 is 2.50 bits per heavy atom. The lowest BCUT2D eigenvalue weighted by atomic mass is 10.0. The Kier molecular flexibility index (Phi) is 4.41. The van der Waals surface area contributed by atoms with Crippen molar-refractivity contribution in [3.63, 3.8) is 0 Å². The number of nitrogens with one attached hydrogen (secondary N) is 1. The molecule has 0 saturated carbocycles. The molecule has 0 atom stereocenters. The largest absolute Gasteiger partial charge is 0.493 e. The van der Waals surface area contributed by atoms with Crippen LogP contribution in [-0.2, 0) is 0 Å². The molecule has 3 aromatic carbocycles. The van der Waals surface area contributed by atoms with Crippen LogP contribution in [0.2, 0.25) is 0 Å². The molecular weight excluding hydrogens is 358 g/mol. The highest BCUT2D eigenvalue weighted by atomic mass is 16.5. The summed E-state index contributed by atoms with van der Waals surface area (Å²) in [6, 6.07) is 14.3. The highest BCUT2D eigenvalue weighted by molar-refractivity contribution is 6.04. The minimum atomic E-state index is -0.950. The first kappa shape index (κ1) is 17.5. The minimum Gasteiger partial charge on any atom is -0.493 e. The van der Waals surface area contributed by atoms with Crippen molar-refractivity contribution in [1.29, 1.82) is 0 Å². The first-order valence-electron chi connectivity index (χ1n) is 8.50. The van der Waals surface area contributed by atoms with Gasteiger partial charge in [-0.3, -0.25) is 0 Å². The van der Waals surface area contributed by atoms with Gasteiger partial charge in [-0.2, -0.15) is 0 Å². The molecule has 0 aliphatic heterocycles. The van der Waals surface area contributed by atoms with Gasteiger partial charge >= 0.3 is 5.97 Å². The van der Waals surface area contributed by atoms with Crippen LogP contribution in [0.1, 0.15) is 10.4 Å². The first-order chi connectivity index (χ1) is 13.6. The van der Waals surface area contributed by atoms with Crippen LogP contribution >= 0.6 is 0 Å². The summed E-state index contributed by atoms with van der Waals surface area (Å²) in [7, 11) is 3.15. The molecule has 0 unspecified atom stereocenters. The molecule has 0 spiro atoms. The average molecular weight is 375 g/mol. The maximum absolute atomic E-state index is 11.4. The SMILES string of the molecule is COc1cc2ncnc(Nc3ccc4c(C(=O)O)cccc4c3)c2cc1OC. The molecule has 4 rings (SSSR count). The van der Waals surface area contributed by atoms with Gasteiger partial charge < -0.3 is 19.9 Å². The number of carbonyl (C=O) groups is 1. The molecule has 0 radical (unpaired) electrons. The predicted molar refractivity (Wildman–Crippen MR) is 107 cm³/mol. The minimum absolute atomic E-state index is 0.272. The monoisotopic (exact) mass is 375 g/mol. The summed E-state index contributed by atoms with van der Waals surface area (Å²) >= 11 is 0. The van der Waals surface area contributed by atoms with Crippen molar-refractivity contribution in [2.75, 3.05) is 19.5 Å². The number of carboxylic acids is 1. The number of carboxylic acid groups (broad SMARTS) is 1. The maximum atomic E-state index is 11.4. The van der Waals surface area contributed by atoms with Crippen LogP contribution in [0, 0.1) is 0 Å². The summed E-state index contributed by atoms with van der Waals surface area (Å²) in [4.78, 5) is 20.0. The molecule has 1 aromatic heterocycles. The number of methoxy groups -OCH3 is 2. The van der Waals surface area contributed by atoms with Crippen LogP contribution < -0.4 is 14.8 Å². The number of rotatable bonds is 5. The summed E-state index contributed by atoms with van der Waals surface area (Å²) in [5.41, 5.74) is 1.77. The summed E-state index contributed by atoms with van der Waals surface area (Å²) in [5.74, 6) is 0.831. The van der Waals surface area contributed by atoms with E-state index < -0.39 is 5.97 Å². The molecule has 0 aliphatic rings. The lowest BCUT2D eigenvalue weighted by molar-refractivity contribution is 0.0699. The number of aromatic carboxylic acids is 1. The van der Waals surface area contributed by atoms with E-state index in [1.54, 1.807) is 38.5 Å². The van der Waals surface area contributed by atoms with Crippen molar-refractivity contribution in [2.45, 2.75) is 0 Å². The second kappa shape index (κ2) is 7.03. The molecule has 0 saturated heterocycles. The van der Waals surface area contributed by atoms with Gasteiger partial charge in [0.2, 0.25) is 0 Å². The third-order valence-corrected chi connectivity index (χ3v) is 4.51. The smallest absolute Gasteiger partial charge is 0.336 e. The lowest BCUT2D eigenvalue weighted by Crippen LogP contribution is -1.99. The second-order valence-electron chi connectivity index (χ2n) is 6.12. The van der Waals surface area contributed by atoms with Gasteiger partial charge in [0.1, 0.15) is 12.1 Å². The van der Waals surface area contributed by atoms with Crippen LogP contribution in [0.5, 0.6) is 11.5 Å². The van der Waals surface area contributed by atoms with Gasteiger partial charge in [0.25, 0.3) is 0 Å². The molecular formula is C21H17N3O4. The summed E-state index contributed by atoms with van der Waals surface area (Å²) in [6.45, 7) is 0. The zero-order valence-electron chi connectivity index (χ0n) is 15.3. The van der Waals surface area contributed by atoms with E-state index in [0.29, 0.717) is 28.2 Å². The summed E-state index contributed by atoms with van der Waals surface area (Å²) in [6.07, 6.45) is 1.47. The summed E-state index contributed by atoms with van der Waals surface area (Å²) < 4.78 is 10.7. The van der Waals surface area contributed by atoms with Gasteiger partial charge in [-0.15, -0.1) is 0 Å². The Labute approximate surface area is 160 Å². The normalized spacial score (nSPS) is 10.8. The van der Waals surface area contributed by atoms with Gasteiger partial charge in [0.15, 0.2) is 11.5 Å². The Morgan fingerprint density at radius 1 is 0.964 bits per heavy atom. The van der Waals surface area contributed by atoms with E-state index >= 15 is 0 Å². The van der Waals surface area contributed by atoms with Crippen molar-refractivity contribution in [1.82, 2.24) is 9.97 Å². The first-order valence-corrected chi connectivity index (χ1v) is 8.50. The number of anilines is 2. The van der Waals surface area contributed by atoms with Crippen molar-refractivity contribution in [2.24, 2.45) is 0 Å². The van der Waals surface area contributed by atoms with Crippen molar-refractivity contribution < 1.29 is 19.4 Å². The molecule has 1 heterocycles. The average Bonchev–Trinajstić information content (AvgIpc) is 2.72. The Morgan fingerprint density at radius 2 is 1.75 bits per heavy atom. The molecule has 140 valence electrons. The topological polar surface area (TPSA) is 93.6 Å². The fraction of sp³-hybridized carbons (Fsp3) is 0.0952. The fourth-order valence-electron chi connectivity index (χ4n) is 3.17. The van der Waals surface area contributed by atoms with E-state index in [2.05, 4.69) is 15.3 Å². The summed E-state index contributed by atoms with van der Waals surface area (Å²) in [5, 5.41) is 14.9. The standard InChI is InChI=1S/C21H17N3O4/c1-27-18-9-16-17(10-19(18)28-2)22-11-23-20(16)24-13-6-7-14-12(8-13)4-3-5-15(14)21(25)26/h3-11H,1-2H3,(H,25,26)(H,22,23,24). The lowest BCUT2D eigenvalue weighted by Gasteiger charge is -2.12. The Hall–Kier alpha value is -3.87. The quantitative estimate of drug-likeness (QED) is 0.539. The molecule has 28 heavy (non-hydrogen) atoms. The second-order valence-corrected chi connectivity index (χ2v) is 6.12. The number of nitrogens with zero attached hydrogens (tertiary/aromatic N) is 2. The van der Waals surface area contributed by atoms with Crippen molar-refractivity contribution >= 4 is 39.1 Å². The molecule has 7 heteroatoms. The third-order valence-electron chi connectivity index (χ3n) is 4.51. The van der Waals surface area contributed by atoms with Gasteiger partial charge in [0, 0.05) is 17.1 Å². The van der Waals surface area contributed by atoms with E-state index in [9.17, 15) is 9.90 Å². The van der Waals surface area contributed by atoms with Gasteiger partial charge in [-0.25, -0.2) is 14.8 Å². The van der Waals surface area contributed by atoms with Gasteiger partial charge in [-0.05, 0) is 35.0 Å². The zero-order valence-corrected chi connectivity index (χ0v) is 15.3. The van der Waals surface area contributed by atoms with E-state index in [0.717, 1.165) is 16.5 Å². The number of ether oxygens (including phenoxy) is 2. The van der Waals surface area contributed by atoms with Crippen LogP contribution in [0.3, 0.4) is 0 Å². The van der Waals surface area contributed by atoms with Crippen LogP contribution in [0.15, 0.2) is 54.9 Å². The maximum Gasteiger partial charge on any atom is 0.336 e. The van der Waals surface area contributed by atoms with Crippen molar-refractivity contribution in [3.05, 3.63) is 60.4 Å². The Balaban J connectivity index is 1.78. The highest BCUT2D eigenvalue weighted by Gasteiger charge is 2.12. The van der Waals surface area contributed by atoms with E-state index in [-0.39, 0.29) is 5.56 Å². The molecule has 0 fully saturated rings. The Bertz CT molecular complexity index is 1210. The number of hydrogen-bond donors (Lipinski definition) is 2. The predicted octanol–water partition coefficient (Wildman–Crippen LogP) is 4.24. The molecule has 0 aliphatic carbocycles. The van der Waals surface area contributed by atoms with Crippen LogP contribution in [0.4, 0.5) is 11.5 Å². The number of benzene rings is 3. The highest BCUT2D eigenvalue weighted by Crippen LogP contribution is 2.34. The van der Waals surface area contributed by atoms with E-state index in [1.807, 2.05) is 24.3 Å². The molecule has 0 bridgehead atoms. The number of fused-ring (bicyclic) bond motifs is 2. The molecule has 0 amide bonds. The number of aromatic nitrogens is 2.